The van der Waals surface area contributed by atoms with Gasteiger partial charge in [-0.1, -0.05) is 29.8 Å². The molecule has 0 spiro atoms. The molecule has 1 aromatic heterocycles. The van der Waals surface area contributed by atoms with Crippen molar-refractivity contribution >= 4 is 23.2 Å². The normalized spacial score (nSPS) is 17.5. The molecule has 1 aliphatic rings. The lowest BCUT2D eigenvalue weighted by Crippen LogP contribution is -2.50. The minimum Gasteiger partial charge on any atom is -0.481 e. The minimum atomic E-state index is -0.927. The number of aryl methyl sites for hydroxylation is 1. The first-order chi connectivity index (χ1) is 12.0. The molecule has 1 saturated heterocycles. The van der Waals surface area contributed by atoms with E-state index in [4.69, 9.17) is 9.84 Å². The van der Waals surface area contributed by atoms with Gasteiger partial charge in [0.05, 0.1) is 37.8 Å². The van der Waals surface area contributed by atoms with Crippen LogP contribution >= 0.6 is 11.3 Å². The van der Waals surface area contributed by atoms with Crippen LogP contribution in [-0.2, 0) is 20.7 Å². The molecular formula is C18H20N2O4S. The van der Waals surface area contributed by atoms with Crippen LogP contribution < -0.4 is 0 Å². The third kappa shape index (κ3) is 4.43. The summed E-state index contributed by atoms with van der Waals surface area (Å²) in [6.45, 7) is 3.16. The fourth-order valence-electron chi connectivity index (χ4n) is 2.83. The van der Waals surface area contributed by atoms with Gasteiger partial charge in [0.2, 0.25) is 5.91 Å². The molecule has 1 unspecified atom stereocenters. The van der Waals surface area contributed by atoms with E-state index in [9.17, 15) is 9.59 Å². The lowest BCUT2D eigenvalue weighted by Gasteiger charge is -2.34. The number of thiazole rings is 1. The first-order valence-electron chi connectivity index (χ1n) is 8.13. The van der Waals surface area contributed by atoms with Gasteiger partial charge in [-0.25, -0.2) is 4.98 Å². The number of carbonyl (C=O) groups excluding carboxylic acids is 1. The first kappa shape index (κ1) is 17.6. The van der Waals surface area contributed by atoms with Crippen LogP contribution in [0.3, 0.4) is 0 Å². The average molecular weight is 360 g/mol. The highest BCUT2D eigenvalue weighted by Gasteiger charge is 2.29. The van der Waals surface area contributed by atoms with Gasteiger partial charge in [-0.15, -0.1) is 11.3 Å². The van der Waals surface area contributed by atoms with E-state index in [0.29, 0.717) is 18.8 Å². The maximum atomic E-state index is 12.6. The number of morpholine rings is 1. The van der Waals surface area contributed by atoms with Crippen LogP contribution in [0.4, 0.5) is 0 Å². The number of ether oxygens (including phenoxy) is 1. The Kier molecular flexibility index (Phi) is 5.45. The van der Waals surface area contributed by atoms with Crippen molar-refractivity contribution in [3.8, 4) is 10.6 Å². The van der Waals surface area contributed by atoms with Crippen molar-refractivity contribution in [1.29, 1.82) is 0 Å². The molecule has 1 atom stereocenters. The second-order valence-electron chi connectivity index (χ2n) is 6.10. The van der Waals surface area contributed by atoms with Crippen LogP contribution in [-0.4, -0.2) is 52.7 Å². The Bertz CT molecular complexity index is 757. The van der Waals surface area contributed by atoms with Crippen LogP contribution in [0, 0.1) is 6.92 Å². The van der Waals surface area contributed by atoms with Gasteiger partial charge in [-0.05, 0) is 6.92 Å². The number of nitrogens with zero attached hydrogens (tertiary/aromatic N) is 2. The van der Waals surface area contributed by atoms with Gasteiger partial charge >= 0.3 is 5.97 Å². The molecule has 7 heteroatoms. The van der Waals surface area contributed by atoms with Crippen molar-refractivity contribution in [3.05, 3.63) is 40.9 Å². The molecule has 6 nitrogen and oxygen atoms in total. The van der Waals surface area contributed by atoms with E-state index in [1.807, 2.05) is 36.6 Å². The van der Waals surface area contributed by atoms with Gasteiger partial charge in [-0.2, -0.15) is 0 Å². The number of carboxylic acids is 1. The van der Waals surface area contributed by atoms with Crippen LogP contribution in [0.15, 0.2) is 29.6 Å². The molecule has 2 aromatic rings. The Morgan fingerprint density at radius 1 is 1.36 bits per heavy atom. The summed E-state index contributed by atoms with van der Waals surface area (Å²) in [5.74, 6) is -1.03. The topological polar surface area (TPSA) is 79.7 Å². The van der Waals surface area contributed by atoms with Crippen molar-refractivity contribution < 1.29 is 19.4 Å². The molecule has 1 aromatic carbocycles. The highest BCUT2D eigenvalue weighted by molar-refractivity contribution is 7.13. The Morgan fingerprint density at radius 3 is 2.84 bits per heavy atom. The second kappa shape index (κ2) is 7.76. The van der Waals surface area contributed by atoms with Gasteiger partial charge in [0.25, 0.3) is 0 Å². The average Bonchev–Trinajstić information content (AvgIpc) is 3.04. The fraction of sp³-hybridized carbons (Fsp3) is 0.389. The number of carboxylic acid groups (broad SMARTS) is 1. The summed E-state index contributed by atoms with van der Waals surface area (Å²) in [6.07, 6.45) is 0.0793. The van der Waals surface area contributed by atoms with Crippen LogP contribution in [0.1, 0.15) is 17.7 Å². The molecule has 0 radical (unpaired) electrons. The van der Waals surface area contributed by atoms with Crippen molar-refractivity contribution in [2.45, 2.75) is 25.8 Å². The van der Waals surface area contributed by atoms with Gasteiger partial charge in [0.1, 0.15) is 5.01 Å². The van der Waals surface area contributed by atoms with Crippen molar-refractivity contribution in [2.24, 2.45) is 0 Å². The van der Waals surface area contributed by atoms with Crippen LogP contribution in [0.25, 0.3) is 10.6 Å². The SMILES string of the molecule is Cc1ccc(-c2nc(CC(=O)N3CCOCC3CC(=O)O)cs2)cc1. The largest absolute Gasteiger partial charge is 0.481 e. The maximum Gasteiger partial charge on any atom is 0.305 e. The number of hydrogen-bond donors (Lipinski definition) is 1. The molecular weight excluding hydrogens is 340 g/mol. The van der Waals surface area contributed by atoms with E-state index >= 15 is 0 Å². The zero-order chi connectivity index (χ0) is 17.8. The van der Waals surface area contributed by atoms with E-state index in [2.05, 4.69) is 4.98 Å². The molecule has 3 rings (SSSR count). The number of amides is 1. The van der Waals surface area contributed by atoms with Crippen LogP contribution in [0.5, 0.6) is 0 Å². The number of aromatic nitrogens is 1. The Labute approximate surface area is 150 Å². The maximum absolute atomic E-state index is 12.6. The predicted molar refractivity (Wildman–Crippen MR) is 94.6 cm³/mol. The van der Waals surface area contributed by atoms with Gasteiger partial charge < -0.3 is 14.7 Å². The monoisotopic (exact) mass is 360 g/mol. The molecule has 1 N–H and O–H groups in total. The Morgan fingerprint density at radius 2 is 2.12 bits per heavy atom. The third-order valence-electron chi connectivity index (χ3n) is 4.14. The zero-order valence-corrected chi connectivity index (χ0v) is 14.8. The summed E-state index contributed by atoms with van der Waals surface area (Å²) < 4.78 is 5.31. The van der Waals surface area contributed by atoms with E-state index in [1.54, 1.807) is 4.90 Å². The molecule has 0 aliphatic carbocycles. The smallest absolute Gasteiger partial charge is 0.305 e. The lowest BCUT2D eigenvalue weighted by atomic mass is 10.1. The summed E-state index contributed by atoms with van der Waals surface area (Å²) in [7, 11) is 0. The number of benzene rings is 1. The molecule has 132 valence electrons. The van der Waals surface area contributed by atoms with Crippen molar-refractivity contribution in [3.63, 3.8) is 0 Å². The summed E-state index contributed by atoms with van der Waals surface area (Å²) in [6, 6.07) is 7.70. The Balaban J connectivity index is 1.68. The van der Waals surface area contributed by atoms with Crippen molar-refractivity contribution in [1.82, 2.24) is 9.88 Å². The van der Waals surface area contributed by atoms with Gasteiger partial charge in [0.15, 0.2) is 0 Å². The Hall–Kier alpha value is -2.25. The molecule has 0 saturated carbocycles. The predicted octanol–water partition coefficient (Wildman–Crippen LogP) is 2.36. The highest BCUT2D eigenvalue weighted by atomic mass is 32.1. The molecule has 2 heterocycles. The molecule has 1 amide bonds. The first-order valence-corrected chi connectivity index (χ1v) is 9.01. The number of hydrogen-bond acceptors (Lipinski definition) is 5. The van der Waals surface area contributed by atoms with Crippen molar-refractivity contribution in [2.75, 3.05) is 19.8 Å². The van der Waals surface area contributed by atoms with E-state index < -0.39 is 12.0 Å². The summed E-state index contributed by atoms with van der Waals surface area (Å²) in [5.41, 5.74) is 2.93. The molecule has 1 fully saturated rings. The number of carbonyl (C=O) groups is 2. The quantitative estimate of drug-likeness (QED) is 0.885. The van der Waals surface area contributed by atoms with Gasteiger partial charge in [0, 0.05) is 17.5 Å². The van der Waals surface area contributed by atoms with E-state index in [0.717, 1.165) is 10.6 Å². The lowest BCUT2D eigenvalue weighted by molar-refractivity contribution is -0.145. The molecule has 25 heavy (non-hydrogen) atoms. The molecule has 0 bridgehead atoms. The fourth-order valence-corrected chi connectivity index (χ4v) is 3.65. The van der Waals surface area contributed by atoms with E-state index in [-0.39, 0.29) is 25.4 Å². The van der Waals surface area contributed by atoms with Gasteiger partial charge in [-0.3, -0.25) is 9.59 Å². The highest BCUT2D eigenvalue weighted by Crippen LogP contribution is 2.24. The summed E-state index contributed by atoms with van der Waals surface area (Å²) in [4.78, 5) is 29.7. The standard InChI is InChI=1S/C18H20N2O4S/c1-12-2-4-13(5-3-12)18-19-14(11-25-18)8-16(21)20-6-7-24-10-15(20)9-17(22)23/h2-5,11,15H,6-10H2,1H3,(H,22,23). The number of rotatable bonds is 5. The van der Waals surface area contributed by atoms with Crippen LogP contribution in [0.2, 0.25) is 0 Å². The number of aliphatic carboxylic acids is 1. The summed E-state index contributed by atoms with van der Waals surface area (Å²) in [5, 5.41) is 11.8. The molecule has 1 aliphatic heterocycles. The summed E-state index contributed by atoms with van der Waals surface area (Å²) >= 11 is 1.51. The zero-order valence-electron chi connectivity index (χ0n) is 14.0. The van der Waals surface area contributed by atoms with E-state index in [1.165, 1.54) is 16.9 Å². The second-order valence-corrected chi connectivity index (χ2v) is 6.96. The minimum absolute atomic E-state index is 0.0998. The third-order valence-corrected chi connectivity index (χ3v) is 5.08.